The monoisotopic (exact) mass is 456 g/mol. The molecule has 2 aromatic carbocycles. The maximum absolute atomic E-state index is 13.1. The smallest absolute Gasteiger partial charge is 0.300 e. The second-order valence-corrected chi connectivity index (χ2v) is 9.45. The summed E-state index contributed by atoms with van der Waals surface area (Å²) in [6.07, 6.45) is 2.22. The fraction of sp³-hybridized carbons (Fsp3) is 0.536. The number of hydrogen-bond donors (Lipinski definition) is 0. The predicted octanol–water partition coefficient (Wildman–Crippen LogP) is 7.39. The standard InChI is InChI=1S/C28H35F3N2/c1-3-19-33(20-17-23-8-5-4-6-9-23)22(2)16-18-27(21-32,24-10-7-11-24)25-12-14-26(15-13-25)28(29,30)31/h4-6,8-9,12-15,22,24H,3,7,10-11,16-20H2,1-2H3. The topological polar surface area (TPSA) is 27.0 Å². The molecule has 0 aliphatic heterocycles. The molecule has 0 bridgehead atoms. The number of nitrogens with zero attached hydrogens (tertiary/aromatic N) is 2. The van der Waals surface area contributed by atoms with E-state index in [1.807, 2.05) is 6.07 Å². The first-order valence-corrected chi connectivity index (χ1v) is 12.2. The van der Waals surface area contributed by atoms with Crippen molar-refractivity contribution in [3.8, 4) is 6.07 Å². The van der Waals surface area contributed by atoms with Gasteiger partial charge in [0.15, 0.2) is 0 Å². The van der Waals surface area contributed by atoms with Crippen molar-refractivity contribution >= 4 is 0 Å². The van der Waals surface area contributed by atoms with Crippen molar-refractivity contribution in [1.29, 1.82) is 5.26 Å². The van der Waals surface area contributed by atoms with Gasteiger partial charge in [-0.25, -0.2) is 0 Å². The van der Waals surface area contributed by atoms with E-state index in [1.54, 1.807) is 0 Å². The molecule has 0 aromatic heterocycles. The van der Waals surface area contributed by atoms with Gasteiger partial charge in [0, 0.05) is 12.6 Å². The van der Waals surface area contributed by atoms with E-state index in [4.69, 9.17) is 0 Å². The first-order chi connectivity index (χ1) is 15.8. The number of alkyl halides is 3. The van der Waals surface area contributed by atoms with Crippen LogP contribution in [0, 0.1) is 17.2 Å². The average molecular weight is 457 g/mol. The van der Waals surface area contributed by atoms with Gasteiger partial charge in [-0.2, -0.15) is 18.4 Å². The Morgan fingerprint density at radius 3 is 2.15 bits per heavy atom. The lowest BCUT2D eigenvalue weighted by atomic mass is 9.60. The highest BCUT2D eigenvalue weighted by molar-refractivity contribution is 5.37. The van der Waals surface area contributed by atoms with Gasteiger partial charge in [-0.1, -0.05) is 55.8 Å². The van der Waals surface area contributed by atoms with E-state index in [0.29, 0.717) is 12.5 Å². The summed E-state index contributed by atoms with van der Waals surface area (Å²) in [6.45, 7) is 6.36. The van der Waals surface area contributed by atoms with Crippen LogP contribution in [-0.2, 0) is 18.0 Å². The predicted molar refractivity (Wildman–Crippen MR) is 127 cm³/mol. The Morgan fingerprint density at radius 2 is 1.64 bits per heavy atom. The maximum Gasteiger partial charge on any atom is 0.416 e. The summed E-state index contributed by atoms with van der Waals surface area (Å²) < 4.78 is 39.2. The Balaban J connectivity index is 1.73. The highest BCUT2D eigenvalue weighted by Crippen LogP contribution is 2.47. The molecule has 2 nitrogen and oxygen atoms in total. The zero-order valence-corrected chi connectivity index (χ0v) is 19.7. The maximum atomic E-state index is 13.1. The van der Waals surface area contributed by atoms with E-state index in [1.165, 1.54) is 17.7 Å². The fourth-order valence-corrected chi connectivity index (χ4v) is 5.03. The molecule has 1 fully saturated rings. The third-order valence-corrected chi connectivity index (χ3v) is 7.35. The molecule has 2 aromatic rings. The Morgan fingerprint density at radius 1 is 1.00 bits per heavy atom. The third-order valence-electron chi connectivity index (χ3n) is 7.35. The number of halogens is 3. The van der Waals surface area contributed by atoms with E-state index in [0.717, 1.165) is 69.3 Å². The van der Waals surface area contributed by atoms with Crippen molar-refractivity contribution in [3.63, 3.8) is 0 Å². The lowest BCUT2D eigenvalue weighted by Crippen LogP contribution is -2.41. The molecule has 1 aliphatic carbocycles. The van der Waals surface area contributed by atoms with Crippen molar-refractivity contribution in [1.82, 2.24) is 4.90 Å². The largest absolute Gasteiger partial charge is 0.416 e. The number of hydrogen-bond acceptors (Lipinski definition) is 2. The van der Waals surface area contributed by atoms with Crippen molar-refractivity contribution in [3.05, 3.63) is 71.3 Å². The summed E-state index contributed by atoms with van der Waals surface area (Å²) >= 11 is 0. The molecule has 33 heavy (non-hydrogen) atoms. The van der Waals surface area contributed by atoms with Crippen molar-refractivity contribution in [2.24, 2.45) is 5.92 Å². The van der Waals surface area contributed by atoms with Gasteiger partial charge in [-0.3, -0.25) is 0 Å². The van der Waals surface area contributed by atoms with Crippen LogP contribution in [0.5, 0.6) is 0 Å². The average Bonchev–Trinajstić information content (AvgIpc) is 2.78. The minimum absolute atomic E-state index is 0.218. The van der Waals surface area contributed by atoms with Gasteiger partial charge >= 0.3 is 6.18 Å². The van der Waals surface area contributed by atoms with E-state index >= 15 is 0 Å². The fourth-order valence-electron chi connectivity index (χ4n) is 5.03. The van der Waals surface area contributed by atoms with Gasteiger partial charge in [0.05, 0.1) is 17.0 Å². The zero-order chi connectivity index (χ0) is 23.9. The summed E-state index contributed by atoms with van der Waals surface area (Å²) in [5.41, 5.74) is 0.682. The molecule has 0 radical (unpaired) electrons. The van der Waals surface area contributed by atoms with Gasteiger partial charge in [-0.05, 0) is 81.2 Å². The summed E-state index contributed by atoms with van der Waals surface area (Å²) in [6, 6.07) is 18.7. The Kier molecular flexibility index (Phi) is 8.59. The first-order valence-electron chi connectivity index (χ1n) is 12.2. The lowest BCUT2D eigenvalue weighted by molar-refractivity contribution is -0.137. The molecular weight excluding hydrogens is 421 g/mol. The summed E-state index contributed by atoms with van der Waals surface area (Å²) in [4.78, 5) is 2.49. The molecular formula is C28H35F3N2. The highest BCUT2D eigenvalue weighted by atomic mass is 19.4. The molecule has 0 heterocycles. The number of nitriles is 1. The Labute approximate surface area is 196 Å². The van der Waals surface area contributed by atoms with Crippen LogP contribution >= 0.6 is 0 Å². The van der Waals surface area contributed by atoms with Crippen molar-refractivity contribution in [2.45, 2.75) is 76.4 Å². The van der Waals surface area contributed by atoms with Crippen molar-refractivity contribution in [2.75, 3.05) is 13.1 Å². The first kappa shape index (κ1) is 25.3. The Bertz CT molecular complexity index is 897. The highest BCUT2D eigenvalue weighted by Gasteiger charge is 2.44. The molecule has 1 aliphatic rings. The van der Waals surface area contributed by atoms with Crippen LogP contribution in [0.2, 0.25) is 0 Å². The van der Waals surface area contributed by atoms with E-state index < -0.39 is 17.2 Å². The summed E-state index contributed by atoms with van der Waals surface area (Å²) in [5.74, 6) is 0.218. The molecule has 178 valence electrons. The van der Waals surface area contributed by atoms with Crippen LogP contribution in [0.15, 0.2) is 54.6 Å². The van der Waals surface area contributed by atoms with E-state index in [-0.39, 0.29) is 5.92 Å². The molecule has 0 spiro atoms. The molecule has 0 N–H and O–H groups in total. The molecule has 0 saturated heterocycles. The molecule has 3 rings (SSSR count). The lowest BCUT2D eigenvalue weighted by Gasteiger charge is -2.42. The molecule has 2 atom stereocenters. The van der Waals surface area contributed by atoms with Gasteiger partial charge in [0.25, 0.3) is 0 Å². The minimum Gasteiger partial charge on any atom is -0.300 e. The molecule has 2 unspecified atom stereocenters. The van der Waals surface area contributed by atoms with Gasteiger partial charge < -0.3 is 4.90 Å². The summed E-state index contributed by atoms with van der Waals surface area (Å²) in [5, 5.41) is 10.3. The third kappa shape index (κ3) is 6.18. The minimum atomic E-state index is -4.36. The van der Waals surface area contributed by atoms with Gasteiger partial charge in [0.2, 0.25) is 0 Å². The second-order valence-electron chi connectivity index (χ2n) is 9.45. The quantitative estimate of drug-likeness (QED) is 0.352. The van der Waals surface area contributed by atoms with Gasteiger partial charge in [0.1, 0.15) is 0 Å². The van der Waals surface area contributed by atoms with Crippen LogP contribution < -0.4 is 0 Å². The normalized spacial score (nSPS) is 17.2. The van der Waals surface area contributed by atoms with Crippen LogP contribution in [0.25, 0.3) is 0 Å². The van der Waals surface area contributed by atoms with Crippen LogP contribution in [0.4, 0.5) is 13.2 Å². The van der Waals surface area contributed by atoms with Crippen molar-refractivity contribution < 1.29 is 13.2 Å². The zero-order valence-electron chi connectivity index (χ0n) is 19.7. The Hall–Kier alpha value is -2.32. The van der Waals surface area contributed by atoms with Crippen LogP contribution in [0.1, 0.15) is 69.1 Å². The van der Waals surface area contributed by atoms with Gasteiger partial charge in [-0.15, -0.1) is 0 Å². The molecule has 0 amide bonds. The number of benzene rings is 2. The SMILES string of the molecule is CCCN(CCc1ccccc1)C(C)CCC(C#N)(c1ccc(C(F)(F)F)cc1)C1CCC1. The second kappa shape index (κ2) is 11.2. The van der Waals surface area contributed by atoms with E-state index in [9.17, 15) is 18.4 Å². The molecule has 5 heteroatoms. The van der Waals surface area contributed by atoms with Crippen LogP contribution in [-0.4, -0.2) is 24.0 Å². The van der Waals surface area contributed by atoms with E-state index in [2.05, 4.69) is 49.1 Å². The van der Waals surface area contributed by atoms with Crippen LogP contribution in [0.3, 0.4) is 0 Å². The number of rotatable bonds is 11. The summed E-state index contributed by atoms with van der Waals surface area (Å²) in [7, 11) is 0. The molecule has 1 saturated carbocycles.